The predicted molar refractivity (Wildman–Crippen MR) is 134 cm³/mol. The van der Waals surface area contributed by atoms with Crippen molar-refractivity contribution in [1.29, 1.82) is 0 Å². The van der Waals surface area contributed by atoms with Gasteiger partial charge in [0.15, 0.2) is 0 Å². The summed E-state index contributed by atoms with van der Waals surface area (Å²) in [6.07, 6.45) is 0.280. The van der Waals surface area contributed by atoms with Crippen LogP contribution in [0.5, 0.6) is 0 Å². The summed E-state index contributed by atoms with van der Waals surface area (Å²) in [5, 5.41) is 18.0. The smallest absolute Gasteiger partial charge is 0.228 e. The van der Waals surface area contributed by atoms with Crippen LogP contribution in [0.15, 0.2) is 71.6 Å². The third kappa shape index (κ3) is 5.68. The van der Waals surface area contributed by atoms with Crippen molar-refractivity contribution >= 4 is 23.4 Å². The summed E-state index contributed by atoms with van der Waals surface area (Å²) in [6.45, 7) is 8.47. The molecular weight excluding hydrogens is 430 g/mol. The van der Waals surface area contributed by atoms with Crippen molar-refractivity contribution < 1.29 is 4.79 Å². The molecule has 1 heterocycles. The SMILES string of the molecule is Cc1cccc(CC(=O)Nc2c(SC(C)(C)C)ccc(-c3ccccc3)c2-c2nn[nH]n2)c1. The first-order chi connectivity index (χ1) is 15.8. The van der Waals surface area contributed by atoms with Gasteiger partial charge in [-0.3, -0.25) is 4.79 Å². The Morgan fingerprint density at radius 1 is 1.03 bits per heavy atom. The van der Waals surface area contributed by atoms with Crippen LogP contribution in [0.3, 0.4) is 0 Å². The molecule has 6 nitrogen and oxygen atoms in total. The summed E-state index contributed by atoms with van der Waals surface area (Å²) in [7, 11) is 0. The van der Waals surface area contributed by atoms with E-state index in [1.165, 1.54) is 0 Å². The van der Waals surface area contributed by atoms with Gasteiger partial charge in [-0.15, -0.1) is 22.0 Å². The van der Waals surface area contributed by atoms with Gasteiger partial charge in [0.05, 0.1) is 17.7 Å². The zero-order valence-corrected chi connectivity index (χ0v) is 20.0. The van der Waals surface area contributed by atoms with Crippen molar-refractivity contribution in [2.75, 3.05) is 5.32 Å². The highest BCUT2D eigenvalue weighted by atomic mass is 32.2. The zero-order chi connectivity index (χ0) is 23.4. The molecule has 33 heavy (non-hydrogen) atoms. The van der Waals surface area contributed by atoms with Gasteiger partial charge < -0.3 is 5.32 Å². The quantitative estimate of drug-likeness (QED) is 0.352. The summed E-state index contributed by atoms with van der Waals surface area (Å²) in [4.78, 5) is 14.2. The Bertz CT molecular complexity index is 1250. The Morgan fingerprint density at radius 2 is 1.82 bits per heavy atom. The number of tetrazole rings is 1. The first-order valence-electron chi connectivity index (χ1n) is 10.8. The maximum Gasteiger partial charge on any atom is 0.228 e. The van der Waals surface area contributed by atoms with E-state index in [1.807, 2.05) is 61.5 Å². The molecule has 1 amide bonds. The highest BCUT2D eigenvalue weighted by Gasteiger charge is 2.24. The van der Waals surface area contributed by atoms with E-state index in [4.69, 9.17) is 0 Å². The molecule has 0 radical (unpaired) electrons. The Balaban J connectivity index is 1.83. The van der Waals surface area contributed by atoms with Crippen molar-refractivity contribution in [3.63, 3.8) is 0 Å². The molecule has 0 atom stereocenters. The molecule has 0 unspecified atom stereocenters. The summed E-state index contributed by atoms with van der Waals surface area (Å²) in [5.41, 5.74) is 5.50. The van der Waals surface area contributed by atoms with E-state index in [9.17, 15) is 4.79 Å². The third-order valence-corrected chi connectivity index (χ3v) is 6.12. The summed E-state index contributed by atoms with van der Waals surface area (Å²) >= 11 is 1.69. The number of hydrogen-bond donors (Lipinski definition) is 2. The van der Waals surface area contributed by atoms with Gasteiger partial charge in [0.25, 0.3) is 0 Å². The van der Waals surface area contributed by atoms with Crippen molar-refractivity contribution in [3.8, 4) is 22.5 Å². The lowest BCUT2D eigenvalue weighted by molar-refractivity contribution is -0.115. The Kier molecular flexibility index (Phi) is 6.60. The predicted octanol–water partition coefficient (Wildman–Crippen LogP) is 5.91. The minimum atomic E-state index is -0.0914. The topological polar surface area (TPSA) is 83.6 Å². The lowest BCUT2D eigenvalue weighted by atomic mass is 9.97. The van der Waals surface area contributed by atoms with Gasteiger partial charge in [0.2, 0.25) is 11.7 Å². The van der Waals surface area contributed by atoms with Gasteiger partial charge in [0, 0.05) is 9.64 Å². The van der Waals surface area contributed by atoms with Crippen LogP contribution in [0, 0.1) is 6.92 Å². The maximum absolute atomic E-state index is 13.2. The molecule has 168 valence electrons. The molecule has 0 bridgehead atoms. The van der Waals surface area contributed by atoms with E-state index >= 15 is 0 Å². The maximum atomic E-state index is 13.2. The molecule has 4 aromatic rings. The summed E-state index contributed by atoms with van der Waals surface area (Å²) < 4.78 is -0.0567. The van der Waals surface area contributed by atoms with E-state index in [0.29, 0.717) is 11.5 Å². The van der Waals surface area contributed by atoms with Gasteiger partial charge in [-0.2, -0.15) is 5.21 Å². The minimum Gasteiger partial charge on any atom is -0.324 e. The molecule has 4 rings (SSSR count). The number of thioether (sulfide) groups is 1. The van der Waals surface area contributed by atoms with Crippen LogP contribution < -0.4 is 5.32 Å². The number of nitrogens with zero attached hydrogens (tertiary/aromatic N) is 3. The molecule has 0 saturated carbocycles. The largest absolute Gasteiger partial charge is 0.324 e. The minimum absolute atomic E-state index is 0.0567. The molecule has 0 aliphatic carbocycles. The van der Waals surface area contributed by atoms with Crippen LogP contribution in [0.4, 0.5) is 5.69 Å². The second-order valence-corrected chi connectivity index (χ2v) is 10.8. The molecule has 0 saturated heterocycles. The summed E-state index contributed by atoms with van der Waals surface area (Å²) in [6, 6.07) is 22.1. The van der Waals surface area contributed by atoms with E-state index in [-0.39, 0.29) is 17.1 Å². The van der Waals surface area contributed by atoms with Crippen molar-refractivity contribution in [3.05, 3.63) is 77.9 Å². The number of benzene rings is 3. The highest BCUT2D eigenvalue weighted by molar-refractivity contribution is 8.00. The lowest BCUT2D eigenvalue weighted by Crippen LogP contribution is -2.17. The van der Waals surface area contributed by atoms with Gasteiger partial charge in [-0.25, -0.2) is 0 Å². The van der Waals surface area contributed by atoms with E-state index in [0.717, 1.165) is 32.7 Å². The number of H-pyrrole nitrogens is 1. The van der Waals surface area contributed by atoms with Gasteiger partial charge in [-0.05, 0) is 34.9 Å². The number of carbonyl (C=O) groups is 1. The molecule has 7 heteroatoms. The van der Waals surface area contributed by atoms with E-state index in [1.54, 1.807) is 11.8 Å². The van der Waals surface area contributed by atoms with Gasteiger partial charge >= 0.3 is 0 Å². The first-order valence-corrected chi connectivity index (χ1v) is 11.6. The number of rotatable bonds is 6. The fourth-order valence-corrected chi connectivity index (χ4v) is 4.72. The van der Waals surface area contributed by atoms with Crippen molar-refractivity contribution in [1.82, 2.24) is 20.6 Å². The lowest BCUT2D eigenvalue weighted by Gasteiger charge is -2.23. The van der Waals surface area contributed by atoms with Crippen LogP contribution >= 0.6 is 11.8 Å². The van der Waals surface area contributed by atoms with Crippen LogP contribution in [-0.4, -0.2) is 31.3 Å². The average molecular weight is 458 g/mol. The fraction of sp³-hybridized carbons (Fsp3) is 0.231. The van der Waals surface area contributed by atoms with Crippen molar-refractivity contribution in [2.24, 2.45) is 0 Å². The molecule has 0 aliphatic rings. The Labute approximate surface area is 198 Å². The Hall–Kier alpha value is -3.45. The van der Waals surface area contributed by atoms with Crippen LogP contribution in [0.25, 0.3) is 22.5 Å². The molecular formula is C26H27N5OS. The molecule has 3 aromatic carbocycles. The number of carbonyl (C=O) groups excluding carboxylic acids is 1. The Morgan fingerprint density at radius 3 is 2.48 bits per heavy atom. The zero-order valence-electron chi connectivity index (χ0n) is 19.2. The average Bonchev–Trinajstić information content (AvgIpc) is 3.29. The number of anilines is 1. The van der Waals surface area contributed by atoms with Crippen LogP contribution in [0.2, 0.25) is 0 Å². The number of nitrogens with one attached hydrogen (secondary N) is 2. The number of aromatic nitrogens is 4. The van der Waals surface area contributed by atoms with E-state index in [2.05, 4.69) is 58.8 Å². The standard InChI is InChI=1S/C26H27N5OS/c1-17-9-8-10-18(15-17)16-22(32)27-24-21(33-26(2,3)4)14-13-20(19-11-6-5-7-12-19)23(24)25-28-30-31-29-25/h5-15H,16H2,1-4H3,(H,27,32)(H,28,29,30,31). The number of aryl methyl sites for hydroxylation is 1. The molecule has 0 spiro atoms. The molecule has 0 aliphatic heterocycles. The fourth-order valence-electron chi connectivity index (χ4n) is 3.67. The number of hydrogen-bond acceptors (Lipinski definition) is 5. The monoisotopic (exact) mass is 457 g/mol. The van der Waals surface area contributed by atoms with Gasteiger partial charge in [0.1, 0.15) is 0 Å². The summed E-state index contributed by atoms with van der Waals surface area (Å²) in [5.74, 6) is 0.349. The number of amides is 1. The first kappa shape index (κ1) is 22.7. The van der Waals surface area contributed by atoms with E-state index < -0.39 is 0 Å². The highest BCUT2D eigenvalue weighted by Crippen LogP contribution is 2.45. The van der Waals surface area contributed by atoms with Crippen molar-refractivity contribution in [2.45, 2.75) is 43.8 Å². The molecule has 2 N–H and O–H groups in total. The third-order valence-electron chi connectivity index (χ3n) is 4.95. The number of aromatic amines is 1. The van der Waals surface area contributed by atoms with Crippen LogP contribution in [0.1, 0.15) is 31.9 Å². The van der Waals surface area contributed by atoms with Crippen LogP contribution in [-0.2, 0) is 11.2 Å². The normalized spacial score (nSPS) is 11.4. The van der Waals surface area contributed by atoms with Gasteiger partial charge in [-0.1, -0.05) is 87.0 Å². The molecule has 0 fully saturated rings. The second kappa shape index (κ2) is 9.58. The second-order valence-electron chi connectivity index (χ2n) is 8.89. The molecule has 1 aromatic heterocycles.